The largest absolute Gasteiger partial charge is 0.489 e. The predicted molar refractivity (Wildman–Crippen MR) is 90.0 cm³/mol. The molecule has 3 atom stereocenters. The maximum atomic E-state index is 12.6. The summed E-state index contributed by atoms with van der Waals surface area (Å²) in [4.78, 5) is 22.3. The number of halogens is 1. The lowest BCUT2D eigenvalue weighted by Gasteiger charge is -2.22. The van der Waals surface area contributed by atoms with Crippen LogP contribution in [0.3, 0.4) is 0 Å². The van der Waals surface area contributed by atoms with Gasteiger partial charge in [0.15, 0.2) is 0 Å². The highest BCUT2D eigenvalue weighted by Crippen LogP contribution is 2.41. The minimum Gasteiger partial charge on any atom is -0.489 e. The van der Waals surface area contributed by atoms with Crippen LogP contribution < -0.4 is 4.74 Å². The summed E-state index contributed by atoms with van der Waals surface area (Å²) in [7, 11) is 0. The number of nitrogens with zero attached hydrogens (tertiary/aromatic N) is 3. The standard InChI is InChI=1S/C18H18ClN3O2/c19-15-3-1-2-4-17(15)24-16-6-5-12-9-22(10-14(12)16)18(23)13-7-20-11-21-8-13/h1-4,7-8,11-12,14,16H,5-6,9-10H2/t12-,14+,16-/m0/s1. The summed E-state index contributed by atoms with van der Waals surface area (Å²) in [6, 6.07) is 7.55. The quantitative estimate of drug-likeness (QED) is 0.859. The van der Waals surface area contributed by atoms with Crippen LogP contribution in [0, 0.1) is 11.8 Å². The molecule has 2 aliphatic rings. The van der Waals surface area contributed by atoms with E-state index in [9.17, 15) is 4.79 Å². The Morgan fingerprint density at radius 1 is 1.17 bits per heavy atom. The van der Waals surface area contributed by atoms with E-state index >= 15 is 0 Å². The van der Waals surface area contributed by atoms with Gasteiger partial charge in [0.2, 0.25) is 0 Å². The van der Waals surface area contributed by atoms with Gasteiger partial charge >= 0.3 is 0 Å². The van der Waals surface area contributed by atoms with Gasteiger partial charge in [-0.1, -0.05) is 23.7 Å². The molecule has 2 fully saturated rings. The highest BCUT2D eigenvalue weighted by molar-refractivity contribution is 6.32. The van der Waals surface area contributed by atoms with E-state index in [1.54, 1.807) is 12.4 Å². The molecule has 5 nitrogen and oxygen atoms in total. The van der Waals surface area contributed by atoms with Gasteiger partial charge in [-0.3, -0.25) is 4.79 Å². The molecule has 6 heteroatoms. The third kappa shape index (κ3) is 2.84. The molecule has 4 rings (SSSR count). The number of amides is 1. The Labute approximate surface area is 145 Å². The maximum absolute atomic E-state index is 12.6. The molecular weight excluding hydrogens is 326 g/mol. The number of carbonyl (C=O) groups is 1. The first-order valence-corrected chi connectivity index (χ1v) is 8.55. The predicted octanol–water partition coefficient (Wildman–Crippen LogP) is 3.06. The van der Waals surface area contributed by atoms with Gasteiger partial charge in [0.1, 0.15) is 18.2 Å². The van der Waals surface area contributed by atoms with E-state index in [4.69, 9.17) is 16.3 Å². The van der Waals surface area contributed by atoms with Crippen molar-refractivity contribution >= 4 is 17.5 Å². The van der Waals surface area contributed by atoms with Crippen molar-refractivity contribution in [1.29, 1.82) is 0 Å². The molecule has 1 aliphatic carbocycles. The number of rotatable bonds is 3. The van der Waals surface area contributed by atoms with Gasteiger partial charge in [0, 0.05) is 31.4 Å². The number of hydrogen-bond acceptors (Lipinski definition) is 4. The van der Waals surface area contributed by atoms with Gasteiger partial charge in [-0.2, -0.15) is 0 Å². The maximum Gasteiger partial charge on any atom is 0.257 e. The second-order valence-electron chi connectivity index (χ2n) is 6.43. The molecule has 0 spiro atoms. The number of fused-ring (bicyclic) bond motifs is 1. The number of benzene rings is 1. The Bertz CT molecular complexity index is 740. The molecular formula is C18H18ClN3O2. The first kappa shape index (κ1) is 15.4. The molecule has 1 aromatic carbocycles. The first-order chi connectivity index (χ1) is 11.7. The van der Waals surface area contributed by atoms with Crippen LogP contribution in [0.5, 0.6) is 5.75 Å². The summed E-state index contributed by atoms with van der Waals surface area (Å²) in [5.41, 5.74) is 0.543. The number of likely N-dealkylation sites (tertiary alicyclic amines) is 1. The molecule has 0 N–H and O–H groups in total. The minimum absolute atomic E-state index is 0.00138. The van der Waals surface area contributed by atoms with Crippen LogP contribution in [0.25, 0.3) is 0 Å². The average molecular weight is 344 g/mol. The Balaban J connectivity index is 1.45. The lowest BCUT2D eigenvalue weighted by Crippen LogP contribution is -2.32. The van der Waals surface area contributed by atoms with Gasteiger partial charge in [-0.05, 0) is 30.9 Å². The van der Waals surface area contributed by atoms with E-state index in [1.165, 1.54) is 6.33 Å². The van der Waals surface area contributed by atoms with Crippen molar-refractivity contribution < 1.29 is 9.53 Å². The smallest absolute Gasteiger partial charge is 0.257 e. The third-order valence-electron chi connectivity index (χ3n) is 5.00. The van der Waals surface area contributed by atoms with E-state index in [-0.39, 0.29) is 12.0 Å². The zero-order valence-electron chi connectivity index (χ0n) is 13.1. The zero-order chi connectivity index (χ0) is 16.5. The molecule has 2 heterocycles. The van der Waals surface area contributed by atoms with Crippen LogP contribution in [0.15, 0.2) is 43.0 Å². The molecule has 0 unspecified atom stereocenters. The number of hydrogen-bond donors (Lipinski definition) is 0. The van der Waals surface area contributed by atoms with Crippen LogP contribution >= 0.6 is 11.6 Å². The lowest BCUT2D eigenvalue weighted by atomic mass is 9.99. The molecule has 1 saturated heterocycles. The molecule has 124 valence electrons. The average Bonchev–Trinajstić information content (AvgIpc) is 3.19. The van der Waals surface area contributed by atoms with Gasteiger partial charge in [-0.15, -0.1) is 0 Å². The highest BCUT2D eigenvalue weighted by atomic mass is 35.5. The summed E-state index contributed by atoms with van der Waals surface area (Å²) in [5.74, 6) is 1.58. The molecule has 1 saturated carbocycles. The Morgan fingerprint density at radius 3 is 2.75 bits per heavy atom. The second-order valence-corrected chi connectivity index (χ2v) is 6.83. The van der Waals surface area contributed by atoms with Crippen molar-refractivity contribution in [2.45, 2.75) is 18.9 Å². The van der Waals surface area contributed by atoms with Crippen LogP contribution in [0.2, 0.25) is 5.02 Å². The third-order valence-corrected chi connectivity index (χ3v) is 5.31. The first-order valence-electron chi connectivity index (χ1n) is 8.18. The van der Waals surface area contributed by atoms with E-state index in [0.29, 0.717) is 29.0 Å². The van der Waals surface area contributed by atoms with Crippen molar-refractivity contribution in [3.05, 3.63) is 53.6 Å². The molecule has 1 aliphatic heterocycles. The monoisotopic (exact) mass is 343 g/mol. The van der Waals surface area contributed by atoms with E-state index in [0.717, 1.165) is 25.1 Å². The highest BCUT2D eigenvalue weighted by Gasteiger charge is 2.45. The molecule has 0 bridgehead atoms. The summed E-state index contributed by atoms with van der Waals surface area (Å²) in [5, 5.41) is 0.633. The second kappa shape index (κ2) is 6.40. The SMILES string of the molecule is O=C(c1cncnc1)N1C[C@@H]2CC[C@H](Oc3ccccc3Cl)[C@@H]2C1. The fraction of sp³-hybridized carbons (Fsp3) is 0.389. The van der Waals surface area contributed by atoms with Gasteiger partial charge in [-0.25, -0.2) is 9.97 Å². The topological polar surface area (TPSA) is 55.3 Å². The summed E-state index contributed by atoms with van der Waals surface area (Å²) >= 11 is 6.20. The van der Waals surface area contributed by atoms with Gasteiger partial charge in [0.05, 0.1) is 10.6 Å². The molecule has 24 heavy (non-hydrogen) atoms. The van der Waals surface area contributed by atoms with Crippen LogP contribution in [-0.2, 0) is 0 Å². The van der Waals surface area contributed by atoms with Crippen molar-refractivity contribution in [2.24, 2.45) is 11.8 Å². The minimum atomic E-state index is 0.00138. The molecule has 2 aromatic rings. The number of carbonyl (C=O) groups excluding carboxylic acids is 1. The van der Waals surface area contributed by atoms with Crippen molar-refractivity contribution in [3.8, 4) is 5.75 Å². The van der Waals surface area contributed by atoms with E-state index in [2.05, 4.69) is 9.97 Å². The van der Waals surface area contributed by atoms with Crippen LogP contribution in [0.1, 0.15) is 23.2 Å². The van der Waals surface area contributed by atoms with Gasteiger partial charge in [0.25, 0.3) is 5.91 Å². The van der Waals surface area contributed by atoms with Crippen molar-refractivity contribution in [1.82, 2.24) is 14.9 Å². The lowest BCUT2D eigenvalue weighted by molar-refractivity contribution is 0.0761. The summed E-state index contributed by atoms with van der Waals surface area (Å²) in [6.07, 6.45) is 6.77. The Morgan fingerprint density at radius 2 is 1.96 bits per heavy atom. The zero-order valence-corrected chi connectivity index (χ0v) is 13.9. The van der Waals surface area contributed by atoms with E-state index < -0.39 is 0 Å². The molecule has 1 aromatic heterocycles. The van der Waals surface area contributed by atoms with E-state index in [1.807, 2.05) is 29.2 Å². The van der Waals surface area contributed by atoms with Crippen molar-refractivity contribution in [3.63, 3.8) is 0 Å². The fourth-order valence-corrected chi connectivity index (χ4v) is 4.00. The van der Waals surface area contributed by atoms with Gasteiger partial charge < -0.3 is 9.64 Å². The summed E-state index contributed by atoms with van der Waals surface area (Å²) < 4.78 is 6.16. The number of aromatic nitrogens is 2. The molecule has 1 amide bonds. The Hall–Kier alpha value is -2.14. The fourth-order valence-electron chi connectivity index (χ4n) is 3.82. The normalized spacial score (nSPS) is 25.5. The summed E-state index contributed by atoms with van der Waals surface area (Å²) in [6.45, 7) is 1.49. The van der Waals surface area contributed by atoms with Crippen LogP contribution in [-0.4, -0.2) is 40.0 Å². The molecule has 0 radical (unpaired) electrons. The number of ether oxygens (including phenoxy) is 1. The van der Waals surface area contributed by atoms with Crippen molar-refractivity contribution in [2.75, 3.05) is 13.1 Å². The Kier molecular flexibility index (Phi) is 4.10. The number of para-hydroxylation sites is 1. The van der Waals surface area contributed by atoms with Crippen LogP contribution in [0.4, 0.5) is 0 Å².